The largest absolute Gasteiger partial charge is 0.463 e. The molecule has 2 N–H and O–H groups in total. The molecule has 0 bridgehead atoms. The topological polar surface area (TPSA) is 81.3 Å². The minimum absolute atomic E-state index is 0.102. The highest BCUT2D eigenvalue weighted by atomic mass is 16.5. The lowest BCUT2D eigenvalue weighted by molar-refractivity contribution is 0.0586. The number of anilines is 1. The summed E-state index contributed by atoms with van der Waals surface area (Å²) in [6.07, 6.45) is 1.03. The summed E-state index contributed by atoms with van der Waals surface area (Å²) in [5, 5.41) is 0. The number of hydrogen-bond donors (Lipinski definition) is 1. The summed E-state index contributed by atoms with van der Waals surface area (Å²) in [6.45, 7) is 5.64. The predicted octanol–water partition coefficient (Wildman–Crippen LogP) is 0.745. The number of hydrogen-bond acceptors (Lipinski definition) is 6. The third-order valence-corrected chi connectivity index (χ3v) is 3.55. The van der Waals surface area contributed by atoms with E-state index in [1.807, 2.05) is 13.0 Å². The Bertz CT molecular complexity index is 478. The van der Waals surface area contributed by atoms with Crippen LogP contribution in [0.25, 0.3) is 0 Å². The van der Waals surface area contributed by atoms with Crippen LogP contribution in [-0.2, 0) is 4.74 Å². The predicted molar refractivity (Wildman–Crippen MR) is 72.1 cm³/mol. The van der Waals surface area contributed by atoms with Crippen molar-refractivity contribution in [1.82, 2.24) is 9.97 Å². The summed E-state index contributed by atoms with van der Waals surface area (Å²) < 4.78 is 4.66. The van der Waals surface area contributed by atoms with Gasteiger partial charge in [-0.15, -0.1) is 0 Å². The Labute approximate surface area is 113 Å². The van der Waals surface area contributed by atoms with Crippen molar-refractivity contribution in [3.63, 3.8) is 0 Å². The second-order valence-electron chi connectivity index (χ2n) is 5.06. The number of ether oxygens (including phenoxy) is 1. The standard InChI is InChI=1S/C13H20N4O2/c1-8-4-5-17(7-10(8)14)11-6-9(2)15-12(16-11)13(18)19-3/h6,8,10H,4-5,7,14H2,1-3H3. The first-order valence-electron chi connectivity index (χ1n) is 6.45. The summed E-state index contributed by atoms with van der Waals surface area (Å²) >= 11 is 0. The molecule has 2 atom stereocenters. The lowest BCUT2D eigenvalue weighted by atomic mass is 9.94. The van der Waals surface area contributed by atoms with E-state index in [-0.39, 0.29) is 11.9 Å². The fourth-order valence-corrected chi connectivity index (χ4v) is 2.20. The number of aryl methyl sites for hydroxylation is 1. The van der Waals surface area contributed by atoms with Gasteiger partial charge >= 0.3 is 5.97 Å². The van der Waals surface area contributed by atoms with Gasteiger partial charge in [0.15, 0.2) is 0 Å². The van der Waals surface area contributed by atoms with Gasteiger partial charge in [-0.05, 0) is 19.3 Å². The SMILES string of the molecule is COC(=O)c1nc(C)cc(N2CCC(C)C(N)C2)n1. The smallest absolute Gasteiger partial charge is 0.376 e. The van der Waals surface area contributed by atoms with Gasteiger partial charge in [-0.1, -0.05) is 6.92 Å². The van der Waals surface area contributed by atoms with E-state index in [0.29, 0.717) is 5.92 Å². The van der Waals surface area contributed by atoms with E-state index >= 15 is 0 Å². The second kappa shape index (κ2) is 5.52. The van der Waals surface area contributed by atoms with Crippen molar-refractivity contribution in [3.8, 4) is 0 Å². The number of carbonyl (C=O) groups excluding carboxylic acids is 1. The number of aromatic nitrogens is 2. The van der Waals surface area contributed by atoms with Crippen molar-refractivity contribution < 1.29 is 9.53 Å². The zero-order valence-corrected chi connectivity index (χ0v) is 11.6. The van der Waals surface area contributed by atoms with Crippen LogP contribution in [0.3, 0.4) is 0 Å². The molecule has 0 spiro atoms. The van der Waals surface area contributed by atoms with Crippen LogP contribution < -0.4 is 10.6 Å². The highest BCUT2D eigenvalue weighted by Gasteiger charge is 2.25. The molecule has 1 aliphatic rings. The number of esters is 1. The van der Waals surface area contributed by atoms with Crippen LogP contribution in [0.4, 0.5) is 5.82 Å². The number of nitrogens with zero attached hydrogens (tertiary/aromatic N) is 3. The number of rotatable bonds is 2. The number of carbonyl (C=O) groups is 1. The monoisotopic (exact) mass is 264 g/mol. The lowest BCUT2D eigenvalue weighted by Crippen LogP contribution is -2.48. The lowest BCUT2D eigenvalue weighted by Gasteiger charge is -2.35. The normalized spacial score (nSPS) is 23.3. The maximum Gasteiger partial charge on any atom is 0.376 e. The Morgan fingerprint density at radius 2 is 2.26 bits per heavy atom. The fourth-order valence-electron chi connectivity index (χ4n) is 2.20. The van der Waals surface area contributed by atoms with Crippen molar-refractivity contribution in [2.24, 2.45) is 11.7 Å². The first kappa shape index (κ1) is 13.7. The summed E-state index contributed by atoms with van der Waals surface area (Å²) in [4.78, 5) is 22.0. The maximum atomic E-state index is 11.5. The van der Waals surface area contributed by atoms with Gasteiger partial charge in [-0.25, -0.2) is 14.8 Å². The quantitative estimate of drug-likeness (QED) is 0.794. The van der Waals surface area contributed by atoms with Gasteiger partial charge < -0.3 is 15.4 Å². The molecule has 0 saturated carbocycles. The Morgan fingerprint density at radius 3 is 2.89 bits per heavy atom. The van der Waals surface area contributed by atoms with E-state index < -0.39 is 5.97 Å². The highest BCUT2D eigenvalue weighted by Crippen LogP contribution is 2.21. The van der Waals surface area contributed by atoms with E-state index in [1.165, 1.54) is 7.11 Å². The average Bonchev–Trinajstić information content (AvgIpc) is 2.40. The van der Waals surface area contributed by atoms with E-state index in [1.54, 1.807) is 0 Å². The van der Waals surface area contributed by atoms with Crippen LogP contribution in [-0.4, -0.2) is 42.2 Å². The van der Waals surface area contributed by atoms with Crippen molar-refractivity contribution in [1.29, 1.82) is 0 Å². The molecule has 1 saturated heterocycles. The maximum absolute atomic E-state index is 11.5. The minimum Gasteiger partial charge on any atom is -0.463 e. The first-order valence-corrected chi connectivity index (χ1v) is 6.45. The molecular weight excluding hydrogens is 244 g/mol. The third kappa shape index (κ3) is 3.01. The molecule has 0 aliphatic carbocycles. The molecule has 2 rings (SSSR count). The van der Waals surface area contributed by atoms with E-state index in [0.717, 1.165) is 31.0 Å². The molecule has 6 heteroatoms. The summed E-state index contributed by atoms with van der Waals surface area (Å²) in [6, 6.07) is 2.00. The molecule has 0 aromatic carbocycles. The molecule has 19 heavy (non-hydrogen) atoms. The van der Waals surface area contributed by atoms with E-state index in [2.05, 4.69) is 26.5 Å². The zero-order chi connectivity index (χ0) is 14.0. The van der Waals surface area contributed by atoms with Crippen LogP contribution in [0.2, 0.25) is 0 Å². The van der Waals surface area contributed by atoms with Crippen LogP contribution in [0, 0.1) is 12.8 Å². The van der Waals surface area contributed by atoms with Crippen LogP contribution >= 0.6 is 0 Å². The van der Waals surface area contributed by atoms with E-state index in [4.69, 9.17) is 5.73 Å². The Hall–Kier alpha value is -1.69. The molecule has 2 heterocycles. The molecule has 2 unspecified atom stereocenters. The molecule has 6 nitrogen and oxygen atoms in total. The minimum atomic E-state index is -0.514. The van der Waals surface area contributed by atoms with Crippen molar-refractivity contribution in [2.75, 3.05) is 25.1 Å². The molecule has 1 aromatic rings. The van der Waals surface area contributed by atoms with Crippen LogP contribution in [0.15, 0.2) is 6.07 Å². The van der Waals surface area contributed by atoms with Gasteiger partial charge in [0.1, 0.15) is 5.82 Å². The van der Waals surface area contributed by atoms with Crippen LogP contribution in [0.5, 0.6) is 0 Å². The molecule has 104 valence electrons. The second-order valence-corrected chi connectivity index (χ2v) is 5.06. The van der Waals surface area contributed by atoms with Crippen molar-refractivity contribution in [3.05, 3.63) is 17.6 Å². The Morgan fingerprint density at radius 1 is 1.53 bits per heavy atom. The summed E-state index contributed by atoms with van der Waals surface area (Å²) in [7, 11) is 1.33. The third-order valence-electron chi connectivity index (χ3n) is 3.55. The van der Waals surface area contributed by atoms with Crippen LogP contribution in [0.1, 0.15) is 29.7 Å². The molecule has 0 radical (unpaired) electrons. The Kier molecular flexibility index (Phi) is 3.99. The first-order chi connectivity index (χ1) is 9.01. The van der Waals surface area contributed by atoms with E-state index in [9.17, 15) is 4.79 Å². The van der Waals surface area contributed by atoms with Crippen molar-refractivity contribution in [2.45, 2.75) is 26.3 Å². The highest BCUT2D eigenvalue weighted by molar-refractivity contribution is 5.85. The van der Waals surface area contributed by atoms with Gasteiger partial charge in [0.25, 0.3) is 0 Å². The summed E-state index contributed by atoms with van der Waals surface area (Å²) in [5.74, 6) is 0.846. The van der Waals surface area contributed by atoms with Crippen molar-refractivity contribution >= 4 is 11.8 Å². The number of piperidine rings is 1. The van der Waals surface area contributed by atoms with Gasteiger partial charge in [-0.2, -0.15) is 0 Å². The molecule has 1 fully saturated rings. The van der Waals surface area contributed by atoms with Gasteiger partial charge in [0.05, 0.1) is 7.11 Å². The fraction of sp³-hybridized carbons (Fsp3) is 0.615. The van der Waals surface area contributed by atoms with Gasteiger partial charge in [-0.3, -0.25) is 0 Å². The molecular formula is C13H20N4O2. The molecule has 1 aromatic heterocycles. The molecule has 1 aliphatic heterocycles. The Balaban J connectivity index is 2.25. The van der Waals surface area contributed by atoms with Gasteiger partial charge in [0.2, 0.25) is 5.82 Å². The summed E-state index contributed by atoms with van der Waals surface area (Å²) in [5.41, 5.74) is 6.84. The zero-order valence-electron chi connectivity index (χ0n) is 11.6. The molecule has 0 amide bonds. The average molecular weight is 264 g/mol. The number of nitrogens with two attached hydrogens (primary N) is 1. The number of methoxy groups -OCH3 is 1. The van der Waals surface area contributed by atoms with Gasteiger partial charge in [0, 0.05) is 30.9 Å².